The van der Waals surface area contributed by atoms with E-state index >= 15 is 0 Å². The molecule has 5 aromatic rings. The van der Waals surface area contributed by atoms with Crippen molar-refractivity contribution in [1.82, 2.24) is 35.3 Å². The normalized spacial score (nSPS) is 11.5. The van der Waals surface area contributed by atoms with Crippen LogP contribution in [-0.2, 0) is 0 Å². The summed E-state index contributed by atoms with van der Waals surface area (Å²) in [6, 6.07) is 8.01. The number of H-pyrrole nitrogens is 3. The molecule has 0 spiro atoms. The summed E-state index contributed by atoms with van der Waals surface area (Å²) in [5, 5.41) is 16.3. The molecule has 0 aromatic carbocycles. The lowest BCUT2D eigenvalue weighted by Gasteiger charge is -1.98. The van der Waals surface area contributed by atoms with Crippen LogP contribution in [0.3, 0.4) is 0 Å². The summed E-state index contributed by atoms with van der Waals surface area (Å²) < 4.78 is 0. The fourth-order valence-electron chi connectivity index (χ4n) is 2.76. The molecule has 0 atom stereocenters. The predicted octanol–water partition coefficient (Wildman–Crippen LogP) is 2.89. The van der Waals surface area contributed by atoms with Gasteiger partial charge in [0.05, 0.1) is 29.3 Å². The summed E-state index contributed by atoms with van der Waals surface area (Å²) in [5.41, 5.74) is 5.31. The highest BCUT2D eigenvalue weighted by molar-refractivity contribution is 5.96. The van der Waals surface area contributed by atoms with Crippen molar-refractivity contribution in [3.05, 3.63) is 49.1 Å². The standard InChI is InChI=1S/C16H11N7/c1-2-9-4-13(21-16(9)17-3-1)15-11-5-12(10-6-19-20-7-10)18-8-14(11)22-23-15/h1-8H,(H,17,21)(H,19,20)(H,22,23). The molecule has 0 radical (unpaired) electrons. The number of aromatic amines is 3. The maximum Gasteiger partial charge on any atom is 0.137 e. The van der Waals surface area contributed by atoms with Crippen LogP contribution in [0.5, 0.6) is 0 Å². The summed E-state index contributed by atoms with van der Waals surface area (Å²) in [5.74, 6) is 0. The van der Waals surface area contributed by atoms with E-state index in [0.29, 0.717) is 0 Å². The molecule has 5 aromatic heterocycles. The third kappa shape index (κ3) is 1.83. The van der Waals surface area contributed by atoms with E-state index < -0.39 is 0 Å². The summed E-state index contributed by atoms with van der Waals surface area (Å²) in [7, 11) is 0. The Morgan fingerprint density at radius 2 is 2.04 bits per heavy atom. The van der Waals surface area contributed by atoms with Gasteiger partial charge in [-0.05, 0) is 24.3 Å². The molecule has 7 nitrogen and oxygen atoms in total. The second-order valence-electron chi connectivity index (χ2n) is 5.30. The molecule has 5 rings (SSSR count). The zero-order chi connectivity index (χ0) is 15.2. The zero-order valence-corrected chi connectivity index (χ0v) is 11.9. The minimum absolute atomic E-state index is 0.850. The Labute approximate surface area is 129 Å². The lowest BCUT2D eigenvalue weighted by Crippen LogP contribution is -1.82. The van der Waals surface area contributed by atoms with Gasteiger partial charge < -0.3 is 4.98 Å². The first-order chi connectivity index (χ1) is 11.4. The van der Waals surface area contributed by atoms with Gasteiger partial charge in [-0.3, -0.25) is 15.2 Å². The van der Waals surface area contributed by atoms with Gasteiger partial charge in [0, 0.05) is 28.7 Å². The van der Waals surface area contributed by atoms with Crippen molar-refractivity contribution in [3.63, 3.8) is 0 Å². The van der Waals surface area contributed by atoms with Gasteiger partial charge in [0.1, 0.15) is 11.3 Å². The number of fused-ring (bicyclic) bond motifs is 2. The second kappa shape index (κ2) is 4.51. The van der Waals surface area contributed by atoms with Crippen molar-refractivity contribution in [2.45, 2.75) is 0 Å². The minimum Gasteiger partial charge on any atom is -0.338 e. The van der Waals surface area contributed by atoms with Crippen LogP contribution in [0, 0.1) is 0 Å². The van der Waals surface area contributed by atoms with Gasteiger partial charge >= 0.3 is 0 Å². The molecule has 0 fully saturated rings. The van der Waals surface area contributed by atoms with Crippen molar-refractivity contribution >= 4 is 21.9 Å². The van der Waals surface area contributed by atoms with E-state index in [4.69, 9.17) is 0 Å². The average Bonchev–Trinajstić information content (AvgIpc) is 3.32. The van der Waals surface area contributed by atoms with E-state index in [1.807, 2.05) is 24.4 Å². The van der Waals surface area contributed by atoms with Gasteiger partial charge in [0.2, 0.25) is 0 Å². The number of hydrogen-bond donors (Lipinski definition) is 3. The molecule has 110 valence electrons. The van der Waals surface area contributed by atoms with Crippen LogP contribution in [0.2, 0.25) is 0 Å². The van der Waals surface area contributed by atoms with E-state index in [-0.39, 0.29) is 0 Å². The Morgan fingerprint density at radius 3 is 2.91 bits per heavy atom. The van der Waals surface area contributed by atoms with E-state index in [9.17, 15) is 0 Å². The van der Waals surface area contributed by atoms with Crippen LogP contribution in [0.1, 0.15) is 0 Å². The van der Waals surface area contributed by atoms with Crippen LogP contribution >= 0.6 is 0 Å². The van der Waals surface area contributed by atoms with E-state index in [2.05, 4.69) is 41.4 Å². The van der Waals surface area contributed by atoms with E-state index in [1.54, 1.807) is 18.6 Å². The van der Waals surface area contributed by atoms with Crippen LogP contribution in [0.25, 0.3) is 44.6 Å². The SMILES string of the molecule is c1cnc2[nH]c(-c3n[nH]c4cnc(-c5cn[nH]c5)cc34)cc2c1. The molecule has 0 aliphatic heterocycles. The predicted molar refractivity (Wildman–Crippen MR) is 86.6 cm³/mol. The summed E-state index contributed by atoms with van der Waals surface area (Å²) in [4.78, 5) is 12.1. The molecule has 0 unspecified atom stereocenters. The maximum absolute atomic E-state index is 4.45. The molecule has 7 heteroatoms. The Bertz CT molecular complexity index is 1080. The number of hydrogen-bond acceptors (Lipinski definition) is 4. The molecule has 0 saturated carbocycles. The molecule has 23 heavy (non-hydrogen) atoms. The Kier molecular flexibility index (Phi) is 2.37. The highest BCUT2D eigenvalue weighted by Gasteiger charge is 2.13. The van der Waals surface area contributed by atoms with Crippen LogP contribution in [0.4, 0.5) is 0 Å². The number of nitrogens with one attached hydrogen (secondary N) is 3. The van der Waals surface area contributed by atoms with Crippen molar-refractivity contribution in [1.29, 1.82) is 0 Å². The van der Waals surface area contributed by atoms with Gasteiger partial charge in [-0.15, -0.1) is 0 Å². The minimum atomic E-state index is 0.850. The summed E-state index contributed by atoms with van der Waals surface area (Å²) in [6.07, 6.45) is 7.13. The first-order valence-corrected chi connectivity index (χ1v) is 7.16. The van der Waals surface area contributed by atoms with Gasteiger partial charge in [0.15, 0.2) is 0 Å². The second-order valence-corrected chi connectivity index (χ2v) is 5.30. The lowest BCUT2D eigenvalue weighted by molar-refractivity contribution is 1.09. The van der Waals surface area contributed by atoms with Crippen LogP contribution in [0.15, 0.2) is 49.1 Å². The first-order valence-electron chi connectivity index (χ1n) is 7.16. The van der Waals surface area contributed by atoms with Crippen molar-refractivity contribution in [3.8, 4) is 22.6 Å². The molecule has 0 aliphatic rings. The van der Waals surface area contributed by atoms with Gasteiger partial charge in [-0.25, -0.2) is 4.98 Å². The van der Waals surface area contributed by atoms with Crippen molar-refractivity contribution in [2.75, 3.05) is 0 Å². The summed E-state index contributed by atoms with van der Waals surface area (Å²) in [6.45, 7) is 0. The van der Waals surface area contributed by atoms with E-state index in [0.717, 1.165) is 44.6 Å². The molecular weight excluding hydrogens is 290 g/mol. The fourth-order valence-corrected chi connectivity index (χ4v) is 2.76. The number of aromatic nitrogens is 7. The summed E-state index contributed by atoms with van der Waals surface area (Å²) >= 11 is 0. The Hall–Kier alpha value is -3.48. The fraction of sp³-hybridized carbons (Fsp3) is 0. The molecule has 0 aliphatic carbocycles. The average molecular weight is 301 g/mol. The lowest BCUT2D eigenvalue weighted by atomic mass is 10.1. The molecule has 5 heterocycles. The highest BCUT2D eigenvalue weighted by Crippen LogP contribution is 2.29. The van der Waals surface area contributed by atoms with Gasteiger partial charge in [0.25, 0.3) is 0 Å². The van der Waals surface area contributed by atoms with Crippen LogP contribution in [-0.4, -0.2) is 35.3 Å². The maximum atomic E-state index is 4.45. The van der Waals surface area contributed by atoms with Gasteiger partial charge in [-0.1, -0.05) is 0 Å². The Balaban J connectivity index is 1.73. The quantitative estimate of drug-likeness (QED) is 0.467. The molecule has 0 amide bonds. The van der Waals surface area contributed by atoms with E-state index in [1.165, 1.54) is 0 Å². The number of rotatable bonds is 2. The van der Waals surface area contributed by atoms with Crippen LogP contribution < -0.4 is 0 Å². The van der Waals surface area contributed by atoms with Crippen molar-refractivity contribution in [2.24, 2.45) is 0 Å². The number of pyridine rings is 2. The third-order valence-electron chi connectivity index (χ3n) is 3.89. The smallest absolute Gasteiger partial charge is 0.137 e. The number of nitrogens with zero attached hydrogens (tertiary/aromatic N) is 4. The monoisotopic (exact) mass is 301 g/mol. The third-order valence-corrected chi connectivity index (χ3v) is 3.89. The molecule has 0 saturated heterocycles. The van der Waals surface area contributed by atoms with Gasteiger partial charge in [-0.2, -0.15) is 10.2 Å². The van der Waals surface area contributed by atoms with Crippen molar-refractivity contribution < 1.29 is 0 Å². The zero-order valence-electron chi connectivity index (χ0n) is 11.9. The molecule has 3 N–H and O–H groups in total. The largest absolute Gasteiger partial charge is 0.338 e. The Morgan fingerprint density at radius 1 is 1.04 bits per heavy atom. The molecular formula is C16H11N7. The topological polar surface area (TPSA) is 98.9 Å². The first kappa shape index (κ1) is 12.1. The molecule has 0 bridgehead atoms. The highest BCUT2D eigenvalue weighted by atomic mass is 15.1.